The Morgan fingerprint density at radius 2 is 2.00 bits per heavy atom. The average molecular weight is 419 g/mol. The van der Waals surface area contributed by atoms with Gasteiger partial charge in [0.2, 0.25) is 0 Å². The highest BCUT2D eigenvalue weighted by Gasteiger charge is 2.15. The lowest BCUT2D eigenvalue weighted by Gasteiger charge is -2.09. The van der Waals surface area contributed by atoms with Gasteiger partial charge >= 0.3 is 0 Å². The topological polar surface area (TPSA) is 60.5 Å². The maximum absolute atomic E-state index is 12.5. The van der Waals surface area contributed by atoms with Gasteiger partial charge in [0.05, 0.1) is 25.5 Å². The molecule has 1 heterocycles. The van der Waals surface area contributed by atoms with E-state index in [1.54, 1.807) is 25.3 Å². The Labute approximate surface area is 157 Å². The molecule has 3 rings (SSSR count). The van der Waals surface area contributed by atoms with E-state index in [0.29, 0.717) is 22.2 Å². The fourth-order valence-corrected chi connectivity index (χ4v) is 3.38. The number of amides is 1. The summed E-state index contributed by atoms with van der Waals surface area (Å²) >= 11 is 4.82. The van der Waals surface area contributed by atoms with Crippen LogP contribution in [0.15, 0.2) is 52.3 Å². The van der Waals surface area contributed by atoms with Crippen molar-refractivity contribution >= 4 is 38.3 Å². The molecule has 7 heteroatoms. The van der Waals surface area contributed by atoms with E-state index >= 15 is 0 Å². The summed E-state index contributed by atoms with van der Waals surface area (Å²) in [6, 6.07) is 12.9. The summed E-state index contributed by atoms with van der Waals surface area (Å²) in [6.07, 6.45) is 0. The molecular formula is C18H15BrN2O3S. The van der Waals surface area contributed by atoms with Crippen LogP contribution in [0, 0.1) is 0 Å². The van der Waals surface area contributed by atoms with Gasteiger partial charge in [-0.3, -0.25) is 10.1 Å². The molecule has 0 saturated carbocycles. The number of halogens is 1. The molecule has 0 aliphatic rings. The molecule has 1 aromatic heterocycles. The minimum absolute atomic E-state index is 0.283. The van der Waals surface area contributed by atoms with Crippen molar-refractivity contribution in [3.05, 3.63) is 57.9 Å². The summed E-state index contributed by atoms with van der Waals surface area (Å²) in [7, 11) is 3.08. The van der Waals surface area contributed by atoms with Gasteiger partial charge in [0, 0.05) is 21.5 Å². The molecule has 1 N–H and O–H groups in total. The molecule has 0 spiro atoms. The van der Waals surface area contributed by atoms with Crippen molar-refractivity contribution in [2.24, 2.45) is 0 Å². The summed E-state index contributed by atoms with van der Waals surface area (Å²) in [5, 5.41) is 5.24. The molecule has 0 aliphatic heterocycles. The van der Waals surface area contributed by atoms with Gasteiger partial charge in [0.1, 0.15) is 11.5 Å². The zero-order chi connectivity index (χ0) is 17.8. The third-order valence-corrected chi connectivity index (χ3v) is 4.75. The molecule has 25 heavy (non-hydrogen) atoms. The maximum Gasteiger partial charge on any atom is 0.261 e. The Kier molecular flexibility index (Phi) is 5.35. The summed E-state index contributed by atoms with van der Waals surface area (Å²) in [5.74, 6) is 0.787. The van der Waals surface area contributed by atoms with Gasteiger partial charge in [-0.15, -0.1) is 11.3 Å². The number of carbonyl (C=O) groups excluding carboxylic acids is 1. The van der Waals surface area contributed by atoms with Gasteiger partial charge in [0.25, 0.3) is 5.91 Å². The van der Waals surface area contributed by atoms with Crippen molar-refractivity contribution < 1.29 is 14.3 Å². The van der Waals surface area contributed by atoms with Crippen LogP contribution in [0.2, 0.25) is 0 Å². The number of aromatic nitrogens is 1. The van der Waals surface area contributed by atoms with Crippen LogP contribution in [-0.4, -0.2) is 25.1 Å². The lowest BCUT2D eigenvalue weighted by atomic mass is 10.2. The minimum atomic E-state index is -0.283. The molecule has 0 saturated heterocycles. The highest BCUT2D eigenvalue weighted by atomic mass is 79.9. The van der Waals surface area contributed by atoms with Gasteiger partial charge in [-0.1, -0.05) is 28.1 Å². The highest BCUT2D eigenvalue weighted by molar-refractivity contribution is 9.10. The summed E-state index contributed by atoms with van der Waals surface area (Å²) in [5.41, 5.74) is 2.21. The molecule has 0 aliphatic carbocycles. The Bertz CT molecular complexity index is 911. The fourth-order valence-electron chi connectivity index (χ4n) is 2.26. The van der Waals surface area contributed by atoms with Crippen LogP contribution in [-0.2, 0) is 0 Å². The second kappa shape index (κ2) is 7.67. The first-order chi connectivity index (χ1) is 12.1. The SMILES string of the molecule is COc1ccc(C(=O)Nc2nc(-c3cccc(Br)c3)cs2)c(OC)c1. The number of nitrogens with zero attached hydrogens (tertiary/aromatic N) is 1. The smallest absolute Gasteiger partial charge is 0.261 e. The normalized spacial score (nSPS) is 10.4. The van der Waals surface area contributed by atoms with E-state index in [9.17, 15) is 4.79 Å². The molecule has 0 unspecified atom stereocenters. The molecule has 0 fully saturated rings. The van der Waals surface area contributed by atoms with Crippen LogP contribution in [0.4, 0.5) is 5.13 Å². The first kappa shape index (κ1) is 17.4. The summed E-state index contributed by atoms with van der Waals surface area (Å²) in [4.78, 5) is 17.0. The lowest BCUT2D eigenvalue weighted by molar-refractivity contribution is 0.102. The van der Waals surface area contributed by atoms with E-state index in [1.165, 1.54) is 18.4 Å². The van der Waals surface area contributed by atoms with Gasteiger partial charge in [-0.05, 0) is 24.3 Å². The van der Waals surface area contributed by atoms with Crippen LogP contribution >= 0.6 is 27.3 Å². The standard InChI is InChI=1S/C18H15BrN2O3S/c1-23-13-6-7-14(16(9-13)24-2)17(22)21-18-20-15(10-25-18)11-4-3-5-12(19)8-11/h3-10H,1-2H3,(H,20,21,22). The van der Waals surface area contributed by atoms with Crippen LogP contribution in [0.1, 0.15) is 10.4 Å². The van der Waals surface area contributed by atoms with Crippen molar-refractivity contribution in [3.8, 4) is 22.8 Å². The fraction of sp³-hybridized carbons (Fsp3) is 0.111. The van der Waals surface area contributed by atoms with Crippen LogP contribution in [0.3, 0.4) is 0 Å². The number of hydrogen-bond donors (Lipinski definition) is 1. The molecule has 0 bridgehead atoms. The summed E-state index contributed by atoms with van der Waals surface area (Å²) in [6.45, 7) is 0. The van der Waals surface area contributed by atoms with Crippen LogP contribution in [0.25, 0.3) is 11.3 Å². The Hall–Kier alpha value is -2.38. The molecule has 0 radical (unpaired) electrons. The molecule has 3 aromatic rings. The van der Waals surface area contributed by atoms with Crippen molar-refractivity contribution in [1.82, 2.24) is 4.98 Å². The average Bonchev–Trinajstić information content (AvgIpc) is 3.09. The van der Waals surface area contributed by atoms with E-state index in [-0.39, 0.29) is 5.91 Å². The van der Waals surface area contributed by atoms with Gasteiger partial charge in [-0.25, -0.2) is 4.98 Å². The minimum Gasteiger partial charge on any atom is -0.497 e. The van der Waals surface area contributed by atoms with Crippen LogP contribution < -0.4 is 14.8 Å². The van der Waals surface area contributed by atoms with Crippen molar-refractivity contribution in [3.63, 3.8) is 0 Å². The summed E-state index contributed by atoms with van der Waals surface area (Å²) < 4.78 is 11.4. The van der Waals surface area contributed by atoms with E-state index in [2.05, 4.69) is 26.2 Å². The zero-order valence-electron chi connectivity index (χ0n) is 13.6. The number of anilines is 1. The molecule has 128 valence electrons. The number of methoxy groups -OCH3 is 2. The number of ether oxygens (including phenoxy) is 2. The van der Waals surface area contributed by atoms with Crippen molar-refractivity contribution in [2.45, 2.75) is 0 Å². The van der Waals surface area contributed by atoms with E-state index in [0.717, 1.165) is 15.7 Å². The van der Waals surface area contributed by atoms with Crippen molar-refractivity contribution in [2.75, 3.05) is 19.5 Å². The third kappa shape index (κ3) is 4.00. The molecule has 0 atom stereocenters. The van der Waals surface area contributed by atoms with Gasteiger partial charge < -0.3 is 9.47 Å². The zero-order valence-corrected chi connectivity index (χ0v) is 16.0. The quantitative estimate of drug-likeness (QED) is 0.643. The van der Waals surface area contributed by atoms with Crippen molar-refractivity contribution in [1.29, 1.82) is 0 Å². The predicted molar refractivity (Wildman–Crippen MR) is 103 cm³/mol. The Morgan fingerprint density at radius 3 is 2.72 bits per heavy atom. The number of benzene rings is 2. The largest absolute Gasteiger partial charge is 0.497 e. The van der Waals surface area contributed by atoms with Gasteiger partial charge in [0.15, 0.2) is 5.13 Å². The second-order valence-corrected chi connectivity index (χ2v) is 6.84. The number of hydrogen-bond acceptors (Lipinski definition) is 5. The molecule has 5 nitrogen and oxygen atoms in total. The number of nitrogens with one attached hydrogen (secondary N) is 1. The maximum atomic E-state index is 12.5. The number of carbonyl (C=O) groups is 1. The number of thiazole rings is 1. The number of rotatable bonds is 5. The second-order valence-electron chi connectivity index (χ2n) is 5.07. The first-order valence-electron chi connectivity index (χ1n) is 7.35. The predicted octanol–water partition coefficient (Wildman–Crippen LogP) is 4.84. The molecule has 2 aromatic carbocycles. The van der Waals surface area contributed by atoms with E-state index in [4.69, 9.17) is 9.47 Å². The molecular weight excluding hydrogens is 404 g/mol. The van der Waals surface area contributed by atoms with E-state index < -0.39 is 0 Å². The first-order valence-corrected chi connectivity index (χ1v) is 9.03. The lowest BCUT2D eigenvalue weighted by Crippen LogP contribution is -2.13. The highest BCUT2D eigenvalue weighted by Crippen LogP contribution is 2.29. The Balaban J connectivity index is 1.80. The molecule has 1 amide bonds. The third-order valence-electron chi connectivity index (χ3n) is 3.50. The van der Waals surface area contributed by atoms with E-state index in [1.807, 2.05) is 29.6 Å². The monoisotopic (exact) mass is 418 g/mol. The van der Waals surface area contributed by atoms with Crippen LogP contribution in [0.5, 0.6) is 11.5 Å². The van der Waals surface area contributed by atoms with Gasteiger partial charge in [-0.2, -0.15) is 0 Å². The Morgan fingerprint density at radius 1 is 1.16 bits per heavy atom.